The van der Waals surface area contributed by atoms with E-state index in [1.54, 1.807) is 6.07 Å². The van der Waals surface area contributed by atoms with Crippen molar-refractivity contribution in [1.82, 2.24) is 10.3 Å². The largest absolute Gasteiger partial charge is 0.384 e. The molecule has 0 aliphatic carbocycles. The highest BCUT2D eigenvalue weighted by atomic mass is 19.2. The molecule has 5 nitrogen and oxygen atoms in total. The molecular weight excluding hydrogens is 314 g/mol. The van der Waals surface area contributed by atoms with Gasteiger partial charge in [0.05, 0.1) is 6.04 Å². The molecule has 0 fully saturated rings. The second-order valence-electron chi connectivity index (χ2n) is 5.70. The first-order valence-corrected chi connectivity index (χ1v) is 7.47. The molecule has 0 saturated carbocycles. The zero-order valence-corrected chi connectivity index (χ0v) is 13.6. The number of hydrogen-bond donors (Lipinski definition) is 3. The highest BCUT2D eigenvalue weighted by molar-refractivity contribution is 5.81. The number of carbonyl (C=O) groups is 1. The molecule has 0 radical (unpaired) electrons. The lowest BCUT2D eigenvalue weighted by Crippen LogP contribution is -2.41. The summed E-state index contributed by atoms with van der Waals surface area (Å²) in [6.07, 6.45) is 0.112. The number of rotatable bonds is 5. The van der Waals surface area contributed by atoms with Crippen LogP contribution in [0.2, 0.25) is 0 Å². The van der Waals surface area contributed by atoms with Gasteiger partial charge in [0.15, 0.2) is 11.6 Å². The number of aromatic nitrogens is 1. The van der Waals surface area contributed by atoms with Gasteiger partial charge in [-0.3, -0.25) is 4.79 Å². The van der Waals surface area contributed by atoms with Gasteiger partial charge in [0.1, 0.15) is 5.82 Å². The number of hydrogen-bond acceptors (Lipinski definition) is 4. The molecule has 0 aliphatic heterocycles. The van der Waals surface area contributed by atoms with E-state index >= 15 is 0 Å². The van der Waals surface area contributed by atoms with E-state index < -0.39 is 17.7 Å². The van der Waals surface area contributed by atoms with Crippen molar-refractivity contribution in [3.05, 3.63) is 58.3 Å². The average molecular weight is 334 g/mol. The zero-order chi connectivity index (χ0) is 17.9. The number of nitrogens with zero attached hydrogens (tertiary/aromatic N) is 1. The minimum atomic E-state index is -0.959. The van der Waals surface area contributed by atoms with Gasteiger partial charge in [-0.15, -0.1) is 0 Å². The number of halogens is 2. The molecule has 1 aromatic heterocycles. The monoisotopic (exact) mass is 334 g/mol. The number of pyridine rings is 1. The summed E-state index contributed by atoms with van der Waals surface area (Å²) in [5.74, 6) is -1.84. The van der Waals surface area contributed by atoms with Gasteiger partial charge in [0.2, 0.25) is 5.91 Å². The summed E-state index contributed by atoms with van der Waals surface area (Å²) in [5, 5.41) is 2.73. The molecule has 24 heavy (non-hydrogen) atoms. The van der Waals surface area contributed by atoms with E-state index in [1.807, 2.05) is 13.8 Å². The predicted octanol–water partition coefficient (Wildman–Crippen LogP) is 1.75. The smallest absolute Gasteiger partial charge is 0.237 e. The van der Waals surface area contributed by atoms with Crippen molar-refractivity contribution in [2.24, 2.45) is 5.73 Å². The first-order valence-electron chi connectivity index (χ1n) is 7.47. The van der Waals surface area contributed by atoms with E-state index in [2.05, 4.69) is 10.3 Å². The Morgan fingerprint density at radius 3 is 2.58 bits per heavy atom. The fourth-order valence-electron chi connectivity index (χ4n) is 2.47. The highest BCUT2D eigenvalue weighted by Gasteiger charge is 2.16. The fraction of sp³-hybridized carbons (Fsp3) is 0.294. The van der Waals surface area contributed by atoms with Gasteiger partial charge in [-0.05, 0) is 55.2 Å². The van der Waals surface area contributed by atoms with E-state index in [1.165, 1.54) is 6.07 Å². The van der Waals surface area contributed by atoms with E-state index in [4.69, 9.17) is 11.5 Å². The Hall–Kier alpha value is -2.54. The van der Waals surface area contributed by atoms with Crippen LogP contribution in [0.3, 0.4) is 0 Å². The number of aryl methyl sites for hydroxylation is 2. The van der Waals surface area contributed by atoms with Gasteiger partial charge >= 0.3 is 0 Å². The van der Waals surface area contributed by atoms with Crippen molar-refractivity contribution in [3.63, 3.8) is 0 Å². The molecule has 5 N–H and O–H groups in total. The summed E-state index contributed by atoms with van der Waals surface area (Å²) >= 11 is 0. The maximum atomic E-state index is 13.2. The predicted molar refractivity (Wildman–Crippen MR) is 88.0 cm³/mol. The normalized spacial score (nSPS) is 12.0. The molecule has 1 atom stereocenters. The van der Waals surface area contributed by atoms with Crippen LogP contribution in [0.4, 0.5) is 14.6 Å². The van der Waals surface area contributed by atoms with E-state index in [9.17, 15) is 13.6 Å². The van der Waals surface area contributed by atoms with Gasteiger partial charge < -0.3 is 16.8 Å². The molecule has 7 heteroatoms. The molecule has 0 bridgehead atoms. The Balaban J connectivity index is 1.98. The Labute approximate surface area is 139 Å². The molecule has 1 amide bonds. The number of nitrogens with one attached hydrogen (secondary N) is 1. The van der Waals surface area contributed by atoms with Gasteiger partial charge in [0.25, 0.3) is 0 Å². The fourth-order valence-corrected chi connectivity index (χ4v) is 2.47. The van der Waals surface area contributed by atoms with Crippen molar-refractivity contribution in [2.75, 3.05) is 5.73 Å². The number of anilines is 1. The quantitative estimate of drug-likeness (QED) is 0.776. The van der Waals surface area contributed by atoms with Crippen molar-refractivity contribution >= 4 is 11.7 Å². The number of amides is 1. The summed E-state index contributed by atoms with van der Waals surface area (Å²) in [5.41, 5.74) is 14.5. The molecule has 2 rings (SSSR count). The Bertz CT molecular complexity index is 741. The molecular formula is C17H20F2N4O. The van der Waals surface area contributed by atoms with Crippen molar-refractivity contribution in [3.8, 4) is 0 Å². The van der Waals surface area contributed by atoms with E-state index in [0.29, 0.717) is 11.4 Å². The van der Waals surface area contributed by atoms with Crippen LogP contribution in [-0.2, 0) is 17.8 Å². The van der Waals surface area contributed by atoms with Crippen molar-refractivity contribution in [1.29, 1.82) is 0 Å². The molecule has 2 aromatic rings. The Morgan fingerprint density at radius 2 is 1.96 bits per heavy atom. The molecule has 128 valence electrons. The highest BCUT2D eigenvalue weighted by Crippen LogP contribution is 2.14. The van der Waals surface area contributed by atoms with Crippen LogP contribution in [-0.4, -0.2) is 16.9 Å². The minimum Gasteiger partial charge on any atom is -0.384 e. The maximum absolute atomic E-state index is 13.2. The maximum Gasteiger partial charge on any atom is 0.237 e. The van der Waals surface area contributed by atoms with Crippen molar-refractivity contribution < 1.29 is 13.6 Å². The molecule has 0 saturated heterocycles. The lowest BCUT2D eigenvalue weighted by atomic mass is 10.0. The number of nitrogens with two attached hydrogens (primary N) is 2. The van der Waals surface area contributed by atoms with Gasteiger partial charge in [-0.2, -0.15) is 0 Å². The second kappa shape index (κ2) is 7.35. The van der Waals surface area contributed by atoms with E-state index in [-0.39, 0.29) is 18.9 Å². The topological polar surface area (TPSA) is 94.0 Å². The standard InChI is InChI=1S/C17H20F2N4O/c1-9-5-16(21)23-10(2)12(9)8-22-17(24)15(20)7-11-3-4-13(18)14(19)6-11/h3-6,15H,7-8,20H2,1-2H3,(H2,21,23)(H,22,24)/t15-/m0/s1. The van der Waals surface area contributed by atoms with Gasteiger partial charge in [-0.1, -0.05) is 6.07 Å². The van der Waals surface area contributed by atoms with Crippen molar-refractivity contribution in [2.45, 2.75) is 32.9 Å². The molecule has 0 spiro atoms. The lowest BCUT2D eigenvalue weighted by Gasteiger charge is -2.15. The van der Waals surface area contributed by atoms with Crippen LogP contribution in [0.25, 0.3) is 0 Å². The van der Waals surface area contributed by atoms with Crippen LogP contribution in [0.5, 0.6) is 0 Å². The Morgan fingerprint density at radius 1 is 1.25 bits per heavy atom. The van der Waals surface area contributed by atoms with Crippen LogP contribution in [0, 0.1) is 25.5 Å². The van der Waals surface area contributed by atoms with Crippen LogP contribution in [0.15, 0.2) is 24.3 Å². The van der Waals surface area contributed by atoms with Crippen LogP contribution in [0.1, 0.15) is 22.4 Å². The first kappa shape index (κ1) is 17.8. The molecule has 0 aliphatic rings. The zero-order valence-electron chi connectivity index (χ0n) is 13.6. The third kappa shape index (κ3) is 4.26. The third-order valence-electron chi connectivity index (χ3n) is 3.79. The first-order chi connectivity index (χ1) is 11.3. The summed E-state index contributed by atoms with van der Waals surface area (Å²) in [4.78, 5) is 16.3. The number of benzene rings is 1. The SMILES string of the molecule is Cc1cc(N)nc(C)c1CNC(=O)[C@@H](N)Cc1ccc(F)c(F)c1. The average Bonchev–Trinajstić information content (AvgIpc) is 2.49. The molecule has 0 unspecified atom stereocenters. The summed E-state index contributed by atoms with van der Waals surface area (Å²) in [7, 11) is 0. The molecule has 1 heterocycles. The molecule has 1 aromatic carbocycles. The van der Waals surface area contributed by atoms with Crippen LogP contribution < -0.4 is 16.8 Å². The van der Waals surface area contributed by atoms with Gasteiger partial charge in [-0.25, -0.2) is 13.8 Å². The summed E-state index contributed by atoms with van der Waals surface area (Å²) in [6.45, 7) is 3.97. The third-order valence-corrected chi connectivity index (χ3v) is 3.79. The summed E-state index contributed by atoms with van der Waals surface area (Å²) < 4.78 is 26.1. The number of carbonyl (C=O) groups excluding carboxylic acids is 1. The van der Waals surface area contributed by atoms with E-state index in [0.717, 1.165) is 29.0 Å². The van der Waals surface area contributed by atoms with Gasteiger partial charge in [0, 0.05) is 12.2 Å². The Kier molecular flexibility index (Phi) is 5.46. The second-order valence-corrected chi connectivity index (χ2v) is 5.70. The minimum absolute atomic E-state index is 0.112. The lowest BCUT2D eigenvalue weighted by molar-refractivity contribution is -0.122. The summed E-state index contributed by atoms with van der Waals surface area (Å²) in [6, 6.07) is 4.33. The van der Waals surface area contributed by atoms with Crippen LogP contribution >= 0.6 is 0 Å². The number of nitrogen functional groups attached to an aromatic ring is 1.